The Labute approximate surface area is 519 Å². The summed E-state index contributed by atoms with van der Waals surface area (Å²) < 4.78 is 5.34. The Morgan fingerprint density at radius 2 is 0.489 bits per heavy atom. The molecule has 0 aliphatic rings. The first-order chi connectivity index (χ1) is 41.9. The van der Waals surface area contributed by atoms with E-state index >= 15 is 0 Å². The second-order valence-electron chi connectivity index (χ2n) is 30.1. The predicted octanol–water partition coefficient (Wildman–Crippen LogP) is 23.2. The summed E-state index contributed by atoms with van der Waals surface area (Å²) in [6, 6.07) is 89.1. The lowest BCUT2D eigenvalue weighted by atomic mass is 9.71. The summed E-state index contributed by atoms with van der Waals surface area (Å²) in [6.45, 7) is 33.0. The first-order valence-corrected chi connectivity index (χ1v) is 31.9. The van der Waals surface area contributed by atoms with E-state index < -0.39 is 10.8 Å². The van der Waals surface area contributed by atoms with Crippen molar-refractivity contribution in [2.45, 2.75) is 129 Å². The van der Waals surface area contributed by atoms with Crippen LogP contribution in [0.2, 0.25) is 0 Å². The zero-order chi connectivity index (χ0) is 61.2. The molecular weight excluding hydrogens is 1060 g/mol. The topological polar surface area (TPSA) is 8.82 Å². The third-order valence-corrected chi connectivity index (χ3v) is 20.5. The fraction of sp³-hybridized carbons (Fsp3) is 0.233. The third-order valence-electron chi connectivity index (χ3n) is 20.5. The number of hydrogen-bond donors (Lipinski definition) is 0. The van der Waals surface area contributed by atoms with Crippen LogP contribution in [0.4, 0.5) is 0 Å². The lowest BCUT2D eigenvalue weighted by Crippen LogP contribution is -2.25. The maximum Gasteiger partial charge on any atom is 0.0634 e. The molecule has 0 atom stereocenters. The Kier molecular flexibility index (Phi) is 12.2. The lowest BCUT2D eigenvalue weighted by molar-refractivity contribution is 0.568. The summed E-state index contributed by atoms with van der Waals surface area (Å²) in [4.78, 5) is 0. The van der Waals surface area contributed by atoms with E-state index in [1.54, 1.807) is 0 Å². The van der Waals surface area contributed by atoms with E-state index in [0.717, 1.165) is 0 Å². The monoisotopic (exact) mass is 1140 g/mol. The predicted molar refractivity (Wildman–Crippen MR) is 378 cm³/mol. The van der Waals surface area contributed by atoms with E-state index in [1.165, 1.54) is 154 Å². The average molecular weight is 1140 g/mol. The molecule has 0 unspecified atom stereocenters. The zero-order valence-electron chi connectivity index (χ0n) is 53.8. The second kappa shape index (κ2) is 19.3. The van der Waals surface area contributed by atoms with Gasteiger partial charge in [0.15, 0.2) is 0 Å². The van der Waals surface area contributed by atoms with Crippen molar-refractivity contribution in [3.8, 4) is 22.3 Å². The highest BCUT2D eigenvalue weighted by Gasteiger charge is 2.36. The molecule has 11 aromatic carbocycles. The quantitative estimate of drug-likeness (QED) is 0.134. The van der Waals surface area contributed by atoms with Crippen molar-refractivity contribution >= 4 is 76.2 Å². The normalized spacial score (nSPS) is 13.3. The van der Waals surface area contributed by atoms with Crippen LogP contribution in [0.25, 0.3) is 98.4 Å². The van der Waals surface area contributed by atoms with Crippen LogP contribution in [0.5, 0.6) is 0 Å². The highest BCUT2D eigenvalue weighted by molar-refractivity contribution is 6.45. The lowest BCUT2D eigenvalue weighted by Gasteiger charge is -2.32. The van der Waals surface area contributed by atoms with E-state index in [1.807, 2.05) is 0 Å². The molecule has 4 heterocycles. The molecule has 0 aliphatic heterocycles. The van der Waals surface area contributed by atoms with E-state index in [9.17, 15) is 0 Å². The van der Waals surface area contributed by atoms with Crippen molar-refractivity contribution in [3.05, 3.63) is 286 Å². The summed E-state index contributed by atoms with van der Waals surface area (Å²) in [5.74, 6) is 0. The Balaban J connectivity index is 1.13. The van der Waals surface area contributed by atoms with Crippen LogP contribution in [0, 0.1) is 0 Å². The third kappa shape index (κ3) is 8.34. The minimum atomic E-state index is -0.452. The summed E-state index contributed by atoms with van der Waals surface area (Å²) in [5, 5.41) is 10.3. The van der Waals surface area contributed by atoms with Crippen LogP contribution in [0.3, 0.4) is 0 Å². The van der Waals surface area contributed by atoms with Gasteiger partial charge in [0.2, 0.25) is 0 Å². The molecule has 0 radical (unpaired) electrons. The van der Waals surface area contributed by atoms with Crippen molar-refractivity contribution in [1.82, 2.24) is 8.80 Å². The van der Waals surface area contributed by atoms with Crippen molar-refractivity contribution in [3.63, 3.8) is 0 Å². The second-order valence-corrected chi connectivity index (χ2v) is 30.1. The van der Waals surface area contributed by atoms with Crippen molar-refractivity contribution in [2.24, 2.45) is 0 Å². The van der Waals surface area contributed by atoms with Gasteiger partial charge in [-0.3, -0.25) is 0 Å². The molecule has 0 N–H and O–H groups in total. The van der Waals surface area contributed by atoms with Gasteiger partial charge >= 0.3 is 0 Å². The number of fused-ring (bicyclic) bond motifs is 14. The van der Waals surface area contributed by atoms with Gasteiger partial charge in [-0.2, -0.15) is 0 Å². The standard InChI is InChI=1S/C86H80N2/c1-81(2,3)63-43-55(44-64(49-63)82(4,5)6)53-35-39-67-73(47-53)87-71-41-37-61(85(13,57-27-19-15-20-28-57)58-29-21-16-22-30-58)51-69(71)78-76-68-40-36-54(56-45-65(83(7,8)9)50-66(46-56)84(10,11)12)48-74(68)88-72-42-38-62(52-70(72)77(80(76)88)75(67)79(78)87)86(14,59-31-23-17-24-32-59)60-33-25-18-26-34-60/h15-52H,1-14H3. The van der Waals surface area contributed by atoms with Gasteiger partial charge in [0.1, 0.15) is 0 Å². The van der Waals surface area contributed by atoms with Gasteiger partial charge in [-0.15, -0.1) is 0 Å². The molecule has 15 aromatic rings. The number of nitrogens with zero attached hydrogens (tertiary/aromatic N) is 2. The minimum absolute atomic E-state index is 0.0275. The van der Waals surface area contributed by atoms with E-state index in [4.69, 9.17) is 0 Å². The average Bonchev–Trinajstić information content (AvgIpc) is 1.49. The van der Waals surface area contributed by atoms with Gasteiger partial charge in [0.25, 0.3) is 0 Å². The number of rotatable bonds is 8. The summed E-state index contributed by atoms with van der Waals surface area (Å²) in [5.41, 5.74) is 24.4. The van der Waals surface area contributed by atoms with Crippen LogP contribution < -0.4 is 0 Å². The summed E-state index contributed by atoms with van der Waals surface area (Å²) in [6.07, 6.45) is 0. The Bertz CT molecular complexity index is 4740. The first kappa shape index (κ1) is 55.6. The number of hydrogen-bond acceptors (Lipinski definition) is 0. The fourth-order valence-electron chi connectivity index (χ4n) is 15.1. The molecular formula is C86H80N2. The maximum atomic E-state index is 2.67. The molecule has 2 nitrogen and oxygen atoms in total. The smallest absolute Gasteiger partial charge is 0.0634 e. The van der Waals surface area contributed by atoms with E-state index in [0.29, 0.717) is 0 Å². The van der Waals surface area contributed by atoms with Crippen molar-refractivity contribution in [2.75, 3.05) is 0 Å². The molecule has 0 spiro atoms. The molecule has 0 bridgehead atoms. The molecule has 434 valence electrons. The molecule has 88 heavy (non-hydrogen) atoms. The molecule has 0 aliphatic carbocycles. The van der Waals surface area contributed by atoms with Crippen LogP contribution >= 0.6 is 0 Å². The van der Waals surface area contributed by atoms with Crippen LogP contribution in [0.1, 0.15) is 153 Å². The Morgan fingerprint density at radius 1 is 0.205 bits per heavy atom. The molecule has 0 fully saturated rings. The summed E-state index contributed by atoms with van der Waals surface area (Å²) in [7, 11) is 0. The van der Waals surface area contributed by atoms with E-state index in [2.05, 4.69) is 336 Å². The van der Waals surface area contributed by atoms with Gasteiger partial charge in [-0.1, -0.05) is 277 Å². The maximum absolute atomic E-state index is 2.67. The number of benzene rings is 11. The van der Waals surface area contributed by atoms with Crippen molar-refractivity contribution in [1.29, 1.82) is 0 Å². The van der Waals surface area contributed by atoms with Gasteiger partial charge < -0.3 is 8.80 Å². The zero-order valence-corrected chi connectivity index (χ0v) is 53.8. The summed E-state index contributed by atoms with van der Waals surface area (Å²) >= 11 is 0. The number of aromatic nitrogens is 2. The van der Waals surface area contributed by atoms with Gasteiger partial charge in [-0.05, 0) is 150 Å². The van der Waals surface area contributed by atoms with Crippen LogP contribution in [-0.4, -0.2) is 8.80 Å². The highest BCUT2D eigenvalue weighted by atomic mass is 14.9. The Hall–Kier alpha value is -8.98. The minimum Gasteiger partial charge on any atom is -0.308 e. The van der Waals surface area contributed by atoms with Gasteiger partial charge in [0.05, 0.1) is 33.1 Å². The fourth-order valence-corrected chi connectivity index (χ4v) is 15.1. The molecule has 4 aromatic heterocycles. The largest absolute Gasteiger partial charge is 0.308 e. The van der Waals surface area contributed by atoms with Crippen molar-refractivity contribution < 1.29 is 0 Å². The van der Waals surface area contributed by atoms with E-state index in [-0.39, 0.29) is 21.7 Å². The van der Waals surface area contributed by atoms with Gasteiger partial charge in [-0.25, -0.2) is 0 Å². The first-order valence-electron chi connectivity index (χ1n) is 31.9. The van der Waals surface area contributed by atoms with Crippen LogP contribution in [0.15, 0.2) is 231 Å². The van der Waals surface area contributed by atoms with Gasteiger partial charge in [0, 0.05) is 53.9 Å². The van der Waals surface area contributed by atoms with Crippen LogP contribution in [-0.2, 0) is 32.5 Å². The molecule has 0 amide bonds. The highest BCUT2D eigenvalue weighted by Crippen LogP contribution is 2.55. The molecule has 0 saturated carbocycles. The SMILES string of the molecule is CC(C)(C)c1cc(-c2ccc3c4c5c6cc(C(C)(c7ccccc7)c7ccccc7)ccc6n6c7cc(-c8cc(C(C)(C)C)cc(C(C)(C)C)c8)ccc7c(c7c8cc(C(C)(c9ccccc9)c9ccccc9)ccc8n(c3c2)c74)c56)cc(C(C)(C)C)c1. The molecule has 2 heteroatoms. The Morgan fingerprint density at radius 3 is 0.773 bits per heavy atom. The molecule has 15 rings (SSSR count). The molecule has 0 saturated heterocycles.